The third kappa shape index (κ3) is 3.92. The van der Waals surface area contributed by atoms with Gasteiger partial charge in [-0.15, -0.1) is 0 Å². The van der Waals surface area contributed by atoms with Gasteiger partial charge in [0.1, 0.15) is 5.82 Å². The summed E-state index contributed by atoms with van der Waals surface area (Å²) in [5, 5.41) is 1.64. The van der Waals surface area contributed by atoms with Crippen LogP contribution in [0, 0.1) is 5.82 Å². The molecule has 1 amide bonds. The Morgan fingerprint density at radius 3 is 2.38 bits per heavy atom. The summed E-state index contributed by atoms with van der Waals surface area (Å²) >= 11 is 0. The van der Waals surface area contributed by atoms with Gasteiger partial charge >= 0.3 is 6.18 Å². The highest BCUT2D eigenvalue weighted by Crippen LogP contribution is 2.31. The van der Waals surface area contributed by atoms with E-state index in [1.54, 1.807) is 5.01 Å². The van der Waals surface area contributed by atoms with Gasteiger partial charge in [0, 0.05) is 31.7 Å². The van der Waals surface area contributed by atoms with E-state index in [0.29, 0.717) is 25.2 Å². The summed E-state index contributed by atoms with van der Waals surface area (Å²) in [5.41, 5.74) is 0.875. The average Bonchev–Trinajstić information content (AvgIpc) is 2.40. The fourth-order valence-corrected chi connectivity index (χ4v) is 2.01. The summed E-state index contributed by atoms with van der Waals surface area (Å²) in [6.45, 7) is 2.65. The zero-order valence-corrected chi connectivity index (χ0v) is 11.4. The van der Waals surface area contributed by atoms with Gasteiger partial charge in [-0.3, -0.25) is 10.2 Å². The number of hydrogen-bond donors (Lipinski definition) is 1. The molecule has 0 aliphatic carbocycles. The van der Waals surface area contributed by atoms with Crippen molar-refractivity contribution in [1.29, 1.82) is 0 Å². The van der Waals surface area contributed by atoms with Crippen LogP contribution in [0.25, 0.3) is 0 Å². The van der Waals surface area contributed by atoms with E-state index >= 15 is 0 Å². The molecule has 1 heterocycles. The van der Waals surface area contributed by atoms with Crippen molar-refractivity contribution in [3.8, 4) is 0 Å². The van der Waals surface area contributed by atoms with Crippen molar-refractivity contribution >= 4 is 5.91 Å². The molecule has 0 atom stereocenters. The summed E-state index contributed by atoms with van der Waals surface area (Å²) in [4.78, 5) is 14.0. The first kappa shape index (κ1) is 15.7. The minimum atomic E-state index is -4.83. The maximum Gasteiger partial charge on any atom is 0.419 e. The molecular formula is C13H15F4N3O. The molecule has 1 aliphatic rings. The summed E-state index contributed by atoms with van der Waals surface area (Å²) in [7, 11) is 1.94. The highest BCUT2D eigenvalue weighted by molar-refractivity contribution is 5.94. The molecular weight excluding hydrogens is 290 g/mol. The molecule has 1 N–H and O–H groups in total. The SMILES string of the molecule is CN1CCN(NC(=O)c2ccc(F)c(C(F)(F)F)c2)CC1. The zero-order valence-electron chi connectivity index (χ0n) is 11.4. The van der Waals surface area contributed by atoms with Crippen molar-refractivity contribution in [1.82, 2.24) is 15.3 Å². The first-order chi connectivity index (χ1) is 9.77. The molecule has 116 valence electrons. The van der Waals surface area contributed by atoms with E-state index in [9.17, 15) is 22.4 Å². The summed E-state index contributed by atoms with van der Waals surface area (Å²) in [6, 6.07) is 2.22. The van der Waals surface area contributed by atoms with E-state index in [-0.39, 0.29) is 5.56 Å². The number of carbonyl (C=O) groups is 1. The number of hydrogen-bond acceptors (Lipinski definition) is 3. The van der Waals surface area contributed by atoms with Crippen LogP contribution in [-0.2, 0) is 6.18 Å². The Kier molecular flexibility index (Phi) is 4.48. The van der Waals surface area contributed by atoms with Crippen molar-refractivity contribution < 1.29 is 22.4 Å². The van der Waals surface area contributed by atoms with Gasteiger partial charge in [-0.2, -0.15) is 13.2 Å². The second-order valence-electron chi connectivity index (χ2n) is 4.92. The molecule has 8 heteroatoms. The fraction of sp³-hybridized carbons (Fsp3) is 0.462. The Morgan fingerprint density at radius 2 is 1.81 bits per heavy atom. The number of piperazine rings is 1. The Balaban J connectivity index is 2.09. The second-order valence-corrected chi connectivity index (χ2v) is 4.92. The van der Waals surface area contributed by atoms with E-state index in [4.69, 9.17) is 0 Å². The van der Waals surface area contributed by atoms with Gasteiger partial charge in [0.15, 0.2) is 0 Å². The summed E-state index contributed by atoms with van der Waals surface area (Å²) in [5.74, 6) is -2.07. The van der Waals surface area contributed by atoms with E-state index in [1.165, 1.54) is 0 Å². The highest BCUT2D eigenvalue weighted by Gasteiger charge is 2.34. The molecule has 1 aliphatic heterocycles. The second kappa shape index (κ2) is 5.98. The first-order valence-electron chi connectivity index (χ1n) is 6.38. The number of rotatable bonds is 2. The third-order valence-electron chi connectivity index (χ3n) is 3.30. The molecule has 0 aromatic heterocycles. The molecule has 0 radical (unpaired) electrons. The number of carbonyl (C=O) groups excluding carboxylic acids is 1. The highest BCUT2D eigenvalue weighted by atomic mass is 19.4. The first-order valence-corrected chi connectivity index (χ1v) is 6.38. The van der Waals surface area contributed by atoms with E-state index in [2.05, 4.69) is 10.3 Å². The molecule has 0 unspecified atom stereocenters. The molecule has 0 spiro atoms. The maximum absolute atomic E-state index is 13.2. The standard InChI is InChI=1S/C13H15F4N3O/c1-19-4-6-20(7-5-19)18-12(21)9-2-3-11(14)10(8-9)13(15,16)17/h2-3,8H,4-7H2,1H3,(H,18,21). The monoisotopic (exact) mass is 305 g/mol. The van der Waals surface area contributed by atoms with Crippen molar-refractivity contribution in [2.45, 2.75) is 6.18 Å². The smallest absolute Gasteiger partial charge is 0.304 e. The van der Waals surface area contributed by atoms with Crippen LogP contribution in [0.5, 0.6) is 0 Å². The Labute approximate surface area is 119 Å². The fourth-order valence-electron chi connectivity index (χ4n) is 2.01. The van der Waals surface area contributed by atoms with Crippen LogP contribution in [0.3, 0.4) is 0 Å². The predicted octanol–water partition coefficient (Wildman–Crippen LogP) is 1.74. The minimum absolute atomic E-state index is 0.220. The number of halogens is 4. The molecule has 4 nitrogen and oxygen atoms in total. The Hall–Kier alpha value is -1.67. The maximum atomic E-state index is 13.2. The van der Waals surface area contributed by atoms with Crippen molar-refractivity contribution in [3.05, 3.63) is 35.1 Å². The number of nitrogens with zero attached hydrogens (tertiary/aromatic N) is 2. The Bertz CT molecular complexity index is 525. The van der Waals surface area contributed by atoms with Crippen LogP contribution < -0.4 is 5.43 Å². The van der Waals surface area contributed by atoms with Gasteiger partial charge in [-0.1, -0.05) is 0 Å². The van der Waals surface area contributed by atoms with Crippen LogP contribution in [0.15, 0.2) is 18.2 Å². The number of likely N-dealkylation sites (N-methyl/N-ethyl adjacent to an activating group) is 1. The van der Waals surface area contributed by atoms with Gasteiger partial charge in [0.05, 0.1) is 5.56 Å². The van der Waals surface area contributed by atoms with E-state index in [0.717, 1.165) is 19.2 Å². The number of nitrogens with one attached hydrogen (secondary N) is 1. The molecule has 1 aromatic rings. The van der Waals surface area contributed by atoms with Crippen molar-refractivity contribution in [3.63, 3.8) is 0 Å². The summed E-state index contributed by atoms with van der Waals surface area (Å²) < 4.78 is 51.0. The molecule has 1 fully saturated rings. The molecule has 0 bridgehead atoms. The van der Waals surface area contributed by atoms with Crippen LogP contribution in [0.2, 0.25) is 0 Å². The van der Waals surface area contributed by atoms with Gasteiger partial charge in [-0.25, -0.2) is 9.40 Å². The third-order valence-corrected chi connectivity index (χ3v) is 3.30. The minimum Gasteiger partial charge on any atom is -0.304 e. The van der Waals surface area contributed by atoms with E-state index < -0.39 is 23.5 Å². The van der Waals surface area contributed by atoms with Crippen LogP contribution in [0.1, 0.15) is 15.9 Å². The quantitative estimate of drug-likeness (QED) is 0.846. The number of amides is 1. The molecule has 2 rings (SSSR count). The van der Waals surface area contributed by atoms with Gasteiger partial charge < -0.3 is 4.90 Å². The average molecular weight is 305 g/mol. The topological polar surface area (TPSA) is 35.6 Å². The number of hydrazine groups is 1. The molecule has 0 saturated carbocycles. The molecule has 1 saturated heterocycles. The van der Waals surface area contributed by atoms with E-state index in [1.807, 2.05) is 7.05 Å². The number of benzene rings is 1. The van der Waals surface area contributed by atoms with Crippen LogP contribution >= 0.6 is 0 Å². The normalized spacial score (nSPS) is 17.8. The summed E-state index contributed by atoms with van der Waals surface area (Å²) in [6.07, 6.45) is -4.83. The van der Waals surface area contributed by atoms with Crippen molar-refractivity contribution in [2.24, 2.45) is 0 Å². The molecule has 1 aromatic carbocycles. The number of alkyl halides is 3. The van der Waals surface area contributed by atoms with Gasteiger partial charge in [-0.05, 0) is 25.2 Å². The largest absolute Gasteiger partial charge is 0.419 e. The lowest BCUT2D eigenvalue weighted by molar-refractivity contribution is -0.140. The van der Waals surface area contributed by atoms with Crippen molar-refractivity contribution in [2.75, 3.05) is 33.2 Å². The van der Waals surface area contributed by atoms with Gasteiger partial charge in [0.2, 0.25) is 0 Å². The Morgan fingerprint density at radius 1 is 1.19 bits per heavy atom. The predicted molar refractivity (Wildman–Crippen MR) is 67.9 cm³/mol. The van der Waals surface area contributed by atoms with Crippen LogP contribution in [0.4, 0.5) is 17.6 Å². The lowest BCUT2D eigenvalue weighted by Gasteiger charge is -2.32. The van der Waals surface area contributed by atoms with Gasteiger partial charge in [0.25, 0.3) is 5.91 Å². The zero-order chi connectivity index (χ0) is 15.6. The lowest BCUT2D eigenvalue weighted by atomic mass is 10.1. The lowest BCUT2D eigenvalue weighted by Crippen LogP contribution is -2.52. The molecule has 21 heavy (non-hydrogen) atoms. The van der Waals surface area contributed by atoms with Crippen LogP contribution in [-0.4, -0.2) is 49.0 Å².